The van der Waals surface area contributed by atoms with Gasteiger partial charge in [-0.2, -0.15) is 11.3 Å². The summed E-state index contributed by atoms with van der Waals surface area (Å²) in [5.74, 6) is 0.0187. The van der Waals surface area contributed by atoms with Gasteiger partial charge < -0.3 is 10.0 Å². The molecule has 0 saturated carbocycles. The predicted molar refractivity (Wildman–Crippen MR) is 85.9 cm³/mol. The van der Waals surface area contributed by atoms with Crippen molar-refractivity contribution in [1.82, 2.24) is 9.88 Å². The average Bonchev–Trinajstić information content (AvgIpc) is 3.15. The Hall–Kier alpha value is -1.24. The van der Waals surface area contributed by atoms with E-state index in [1.54, 1.807) is 11.3 Å². The first-order chi connectivity index (χ1) is 10.2. The summed E-state index contributed by atoms with van der Waals surface area (Å²) in [4.78, 5) is 19.8. The molecule has 3 heterocycles. The van der Waals surface area contributed by atoms with Crippen molar-refractivity contribution in [2.45, 2.75) is 32.2 Å². The first-order valence-corrected chi connectivity index (χ1v) is 8.88. The van der Waals surface area contributed by atoms with E-state index < -0.39 is 0 Å². The molecule has 6 heteroatoms. The number of carbonyl (C=O) groups is 1. The van der Waals surface area contributed by atoms with Gasteiger partial charge in [0.15, 0.2) is 0 Å². The van der Waals surface area contributed by atoms with Gasteiger partial charge in [0, 0.05) is 17.5 Å². The molecule has 1 atom stereocenters. The molecule has 0 bridgehead atoms. The van der Waals surface area contributed by atoms with E-state index in [1.807, 2.05) is 28.7 Å². The fourth-order valence-corrected chi connectivity index (χ4v) is 4.43. The Morgan fingerprint density at radius 2 is 2.38 bits per heavy atom. The minimum absolute atomic E-state index is 0.0187. The van der Waals surface area contributed by atoms with Crippen molar-refractivity contribution in [3.8, 4) is 10.6 Å². The highest BCUT2D eigenvalue weighted by Crippen LogP contribution is 2.31. The van der Waals surface area contributed by atoms with Crippen molar-refractivity contribution in [2.24, 2.45) is 0 Å². The summed E-state index contributed by atoms with van der Waals surface area (Å²) < 4.78 is 0. The summed E-state index contributed by atoms with van der Waals surface area (Å²) >= 11 is 3.08. The predicted octanol–water partition coefficient (Wildman–Crippen LogP) is 3.17. The highest BCUT2D eigenvalue weighted by Gasteiger charge is 2.29. The molecule has 0 spiro atoms. The summed E-state index contributed by atoms with van der Waals surface area (Å²) in [7, 11) is 0. The van der Waals surface area contributed by atoms with Crippen LogP contribution >= 0.6 is 22.7 Å². The van der Waals surface area contributed by atoms with Crippen LogP contribution in [-0.2, 0) is 0 Å². The van der Waals surface area contributed by atoms with Gasteiger partial charge >= 0.3 is 0 Å². The standard InChI is InChI=1S/C15H18N2O2S2/c1-10-13(21-14(16-10)11-5-7-20-9-11)15(19)17-6-3-2-4-12(17)8-18/h5,7,9,12,18H,2-4,6,8H2,1H3. The molecule has 1 N–H and O–H groups in total. The second-order valence-electron chi connectivity index (χ2n) is 5.28. The first kappa shape index (κ1) is 14.7. The van der Waals surface area contributed by atoms with Gasteiger partial charge in [0.25, 0.3) is 5.91 Å². The van der Waals surface area contributed by atoms with Gasteiger partial charge in [-0.3, -0.25) is 4.79 Å². The molecule has 1 saturated heterocycles. The molecule has 1 fully saturated rings. The number of hydrogen-bond acceptors (Lipinski definition) is 5. The van der Waals surface area contributed by atoms with Gasteiger partial charge in [-0.15, -0.1) is 11.3 Å². The second kappa shape index (κ2) is 6.25. The Morgan fingerprint density at radius 3 is 3.10 bits per heavy atom. The van der Waals surface area contributed by atoms with E-state index in [9.17, 15) is 9.90 Å². The molecule has 0 radical (unpaired) electrons. The number of aliphatic hydroxyl groups is 1. The van der Waals surface area contributed by atoms with Crippen LogP contribution in [0.3, 0.4) is 0 Å². The largest absolute Gasteiger partial charge is 0.394 e. The van der Waals surface area contributed by atoms with E-state index in [0.29, 0.717) is 4.88 Å². The third kappa shape index (κ3) is 2.88. The molecule has 0 aliphatic carbocycles. The number of piperidine rings is 1. The van der Waals surface area contributed by atoms with E-state index in [4.69, 9.17) is 0 Å². The number of hydrogen-bond donors (Lipinski definition) is 1. The number of likely N-dealkylation sites (tertiary alicyclic amines) is 1. The van der Waals surface area contributed by atoms with Crippen molar-refractivity contribution >= 4 is 28.6 Å². The van der Waals surface area contributed by atoms with Crippen LogP contribution in [0.2, 0.25) is 0 Å². The quantitative estimate of drug-likeness (QED) is 0.944. The SMILES string of the molecule is Cc1nc(-c2ccsc2)sc1C(=O)N1CCCCC1CO. The van der Waals surface area contributed by atoms with Gasteiger partial charge in [0.1, 0.15) is 9.88 Å². The number of thiazole rings is 1. The van der Waals surface area contributed by atoms with Gasteiger partial charge in [0.05, 0.1) is 18.3 Å². The Kier molecular flexibility index (Phi) is 4.37. The van der Waals surface area contributed by atoms with Crippen LogP contribution in [0, 0.1) is 6.92 Å². The third-order valence-corrected chi connectivity index (χ3v) is 5.74. The number of carbonyl (C=O) groups excluding carboxylic acids is 1. The van der Waals surface area contributed by atoms with E-state index >= 15 is 0 Å². The lowest BCUT2D eigenvalue weighted by Gasteiger charge is -2.34. The van der Waals surface area contributed by atoms with Gasteiger partial charge in [-0.1, -0.05) is 0 Å². The fourth-order valence-electron chi connectivity index (χ4n) is 2.69. The van der Waals surface area contributed by atoms with Crippen molar-refractivity contribution in [2.75, 3.05) is 13.2 Å². The molecule has 1 aliphatic rings. The maximum Gasteiger partial charge on any atom is 0.266 e. The van der Waals surface area contributed by atoms with E-state index in [0.717, 1.165) is 42.1 Å². The molecular formula is C15H18N2O2S2. The Morgan fingerprint density at radius 1 is 1.52 bits per heavy atom. The topological polar surface area (TPSA) is 53.4 Å². The fraction of sp³-hybridized carbons (Fsp3) is 0.467. The van der Waals surface area contributed by atoms with Gasteiger partial charge in [-0.05, 0) is 37.6 Å². The molecular weight excluding hydrogens is 304 g/mol. The summed E-state index contributed by atoms with van der Waals surface area (Å²) in [5, 5.41) is 14.4. The lowest BCUT2D eigenvalue weighted by atomic mass is 10.0. The van der Waals surface area contributed by atoms with Gasteiger partial charge in [-0.25, -0.2) is 4.98 Å². The maximum absolute atomic E-state index is 12.8. The molecule has 3 rings (SSSR count). The summed E-state index contributed by atoms with van der Waals surface area (Å²) in [6.45, 7) is 2.66. The van der Waals surface area contributed by atoms with Crippen molar-refractivity contribution < 1.29 is 9.90 Å². The molecule has 1 aliphatic heterocycles. The zero-order valence-corrected chi connectivity index (χ0v) is 13.5. The minimum atomic E-state index is -0.0441. The van der Waals surface area contributed by atoms with Crippen LogP contribution in [-0.4, -0.2) is 40.1 Å². The Bertz CT molecular complexity index is 622. The van der Waals surface area contributed by atoms with Crippen LogP contribution < -0.4 is 0 Å². The maximum atomic E-state index is 12.8. The van der Waals surface area contributed by atoms with Crippen LogP contribution in [0.15, 0.2) is 16.8 Å². The Labute approximate surface area is 132 Å². The average molecular weight is 322 g/mol. The van der Waals surface area contributed by atoms with Crippen LogP contribution in [0.4, 0.5) is 0 Å². The minimum Gasteiger partial charge on any atom is -0.394 e. The zero-order chi connectivity index (χ0) is 14.8. The van der Waals surface area contributed by atoms with Crippen molar-refractivity contribution in [1.29, 1.82) is 0 Å². The normalized spacial score (nSPS) is 19.0. The highest BCUT2D eigenvalue weighted by atomic mass is 32.1. The lowest BCUT2D eigenvalue weighted by Crippen LogP contribution is -2.45. The molecule has 0 aromatic carbocycles. The number of rotatable bonds is 3. The van der Waals surface area contributed by atoms with Crippen LogP contribution in [0.25, 0.3) is 10.6 Å². The van der Waals surface area contributed by atoms with Crippen molar-refractivity contribution in [3.63, 3.8) is 0 Å². The highest BCUT2D eigenvalue weighted by molar-refractivity contribution is 7.17. The molecule has 1 unspecified atom stereocenters. The molecule has 112 valence electrons. The summed E-state index contributed by atoms with van der Waals surface area (Å²) in [6.07, 6.45) is 2.98. The van der Waals surface area contributed by atoms with E-state index in [-0.39, 0.29) is 18.6 Å². The smallest absolute Gasteiger partial charge is 0.266 e. The molecule has 2 aromatic heterocycles. The number of nitrogens with zero attached hydrogens (tertiary/aromatic N) is 2. The number of thiophene rings is 1. The van der Waals surface area contributed by atoms with E-state index in [1.165, 1.54) is 11.3 Å². The third-order valence-electron chi connectivity index (χ3n) is 3.86. The monoisotopic (exact) mass is 322 g/mol. The molecule has 2 aromatic rings. The Balaban J connectivity index is 1.87. The molecule has 1 amide bonds. The number of aromatic nitrogens is 1. The number of aryl methyl sites for hydroxylation is 1. The number of aliphatic hydroxyl groups excluding tert-OH is 1. The van der Waals surface area contributed by atoms with Crippen LogP contribution in [0.5, 0.6) is 0 Å². The zero-order valence-electron chi connectivity index (χ0n) is 11.9. The van der Waals surface area contributed by atoms with Gasteiger partial charge in [0.2, 0.25) is 0 Å². The molecule has 21 heavy (non-hydrogen) atoms. The summed E-state index contributed by atoms with van der Waals surface area (Å²) in [5.41, 5.74) is 1.86. The van der Waals surface area contributed by atoms with E-state index in [2.05, 4.69) is 4.98 Å². The van der Waals surface area contributed by atoms with Crippen LogP contribution in [0.1, 0.15) is 34.6 Å². The number of amides is 1. The molecule has 4 nitrogen and oxygen atoms in total. The summed E-state index contributed by atoms with van der Waals surface area (Å²) in [6, 6.07) is 1.98. The van der Waals surface area contributed by atoms with Crippen molar-refractivity contribution in [3.05, 3.63) is 27.4 Å². The second-order valence-corrected chi connectivity index (χ2v) is 7.06. The first-order valence-electron chi connectivity index (χ1n) is 7.12. The lowest BCUT2D eigenvalue weighted by molar-refractivity contribution is 0.0507.